The SMILES string of the molecule is O=P(O)(O)CCc1ccc(-c2ccc(CCP(=O)(O)O)cc2)cc1. The van der Waals surface area contributed by atoms with Crippen LogP contribution in [0.2, 0.25) is 0 Å². The second kappa shape index (κ2) is 7.75. The molecule has 0 aliphatic rings. The number of hydrogen-bond acceptors (Lipinski definition) is 2. The zero-order valence-electron chi connectivity index (χ0n) is 12.9. The van der Waals surface area contributed by atoms with Crippen LogP contribution in [-0.4, -0.2) is 31.9 Å². The Labute approximate surface area is 140 Å². The number of rotatable bonds is 7. The normalized spacial score (nSPS) is 12.3. The van der Waals surface area contributed by atoms with Crippen LogP contribution < -0.4 is 0 Å². The molecule has 2 rings (SSSR count). The highest BCUT2D eigenvalue weighted by Gasteiger charge is 2.13. The molecule has 0 heterocycles. The van der Waals surface area contributed by atoms with Gasteiger partial charge in [0.15, 0.2) is 0 Å². The number of hydrogen-bond donors (Lipinski definition) is 4. The molecule has 130 valence electrons. The molecular formula is C16H20O6P2. The third-order valence-corrected chi connectivity index (χ3v) is 5.24. The highest BCUT2D eigenvalue weighted by Crippen LogP contribution is 2.36. The van der Waals surface area contributed by atoms with Crippen molar-refractivity contribution in [1.82, 2.24) is 0 Å². The summed E-state index contributed by atoms with van der Waals surface area (Å²) in [5.74, 6) is 0. The molecule has 0 spiro atoms. The van der Waals surface area contributed by atoms with Crippen molar-refractivity contribution in [3.63, 3.8) is 0 Å². The minimum Gasteiger partial charge on any atom is -0.324 e. The molecule has 0 atom stereocenters. The molecule has 0 fully saturated rings. The molecule has 0 amide bonds. The van der Waals surface area contributed by atoms with Gasteiger partial charge in [0, 0.05) is 0 Å². The lowest BCUT2D eigenvalue weighted by molar-refractivity contribution is 0.371. The Bertz CT molecular complexity index is 691. The monoisotopic (exact) mass is 370 g/mol. The number of benzene rings is 2. The molecule has 6 nitrogen and oxygen atoms in total. The summed E-state index contributed by atoms with van der Waals surface area (Å²) >= 11 is 0. The first-order chi connectivity index (χ1) is 11.1. The van der Waals surface area contributed by atoms with Gasteiger partial charge in [-0.15, -0.1) is 0 Å². The van der Waals surface area contributed by atoms with Crippen molar-refractivity contribution in [1.29, 1.82) is 0 Å². The maximum atomic E-state index is 10.9. The first-order valence-corrected chi connectivity index (χ1v) is 11.0. The van der Waals surface area contributed by atoms with Gasteiger partial charge < -0.3 is 19.6 Å². The smallest absolute Gasteiger partial charge is 0.324 e. The van der Waals surface area contributed by atoms with Gasteiger partial charge in [0.25, 0.3) is 0 Å². The molecule has 2 aromatic rings. The Morgan fingerprint density at radius 3 is 1.12 bits per heavy atom. The second-order valence-corrected chi connectivity index (χ2v) is 9.22. The van der Waals surface area contributed by atoms with Gasteiger partial charge in [-0.2, -0.15) is 0 Å². The lowest BCUT2D eigenvalue weighted by Crippen LogP contribution is -1.94. The Morgan fingerprint density at radius 1 is 0.583 bits per heavy atom. The molecule has 0 bridgehead atoms. The summed E-state index contributed by atoms with van der Waals surface area (Å²) < 4.78 is 21.8. The predicted molar refractivity (Wildman–Crippen MR) is 93.1 cm³/mol. The average molecular weight is 370 g/mol. The minimum absolute atomic E-state index is 0.166. The van der Waals surface area contributed by atoms with E-state index in [0.717, 1.165) is 22.3 Å². The molecule has 0 aliphatic heterocycles. The van der Waals surface area contributed by atoms with Gasteiger partial charge in [0.05, 0.1) is 12.3 Å². The van der Waals surface area contributed by atoms with Crippen LogP contribution in [0.4, 0.5) is 0 Å². The molecule has 4 N–H and O–H groups in total. The van der Waals surface area contributed by atoms with Crippen molar-refractivity contribution in [2.75, 3.05) is 12.3 Å². The molecular weight excluding hydrogens is 350 g/mol. The highest BCUT2D eigenvalue weighted by atomic mass is 31.2. The Hall–Kier alpha value is -1.26. The fourth-order valence-corrected chi connectivity index (χ4v) is 3.38. The third kappa shape index (κ3) is 6.70. The third-order valence-electron chi connectivity index (χ3n) is 3.62. The van der Waals surface area contributed by atoms with Crippen LogP contribution in [-0.2, 0) is 22.0 Å². The molecule has 0 unspecified atom stereocenters. The summed E-state index contributed by atoms with van der Waals surface area (Å²) in [6, 6.07) is 14.9. The summed E-state index contributed by atoms with van der Waals surface area (Å²) in [5.41, 5.74) is 3.66. The van der Waals surface area contributed by atoms with E-state index in [0.29, 0.717) is 12.8 Å². The topological polar surface area (TPSA) is 115 Å². The van der Waals surface area contributed by atoms with E-state index >= 15 is 0 Å². The van der Waals surface area contributed by atoms with Gasteiger partial charge in [-0.25, -0.2) is 0 Å². The fraction of sp³-hybridized carbons (Fsp3) is 0.250. The van der Waals surface area contributed by atoms with Gasteiger partial charge in [-0.1, -0.05) is 48.5 Å². The van der Waals surface area contributed by atoms with Crippen molar-refractivity contribution < 1.29 is 28.7 Å². The zero-order valence-corrected chi connectivity index (χ0v) is 14.7. The maximum Gasteiger partial charge on any atom is 0.325 e. The van der Waals surface area contributed by atoms with Crippen LogP contribution >= 0.6 is 15.2 Å². The zero-order chi connectivity index (χ0) is 17.8. The van der Waals surface area contributed by atoms with Crippen molar-refractivity contribution in [3.05, 3.63) is 59.7 Å². The van der Waals surface area contributed by atoms with E-state index in [-0.39, 0.29) is 12.3 Å². The average Bonchev–Trinajstić information content (AvgIpc) is 2.51. The van der Waals surface area contributed by atoms with Crippen molar-refractivity contribution >= 4 is 15.2 Å². The first-order valence-electron chi connectivity index (χ1n) is 7.40. The highest BCUT2D eigenvalue weighted by molar-refractivity contribution is 7.52. The Kier molecular flexibility index (Phi) is 6.16. The van der Waals surface area contributed by atoms with E-state index in [4.69, 9.17) is 19.6 Å². The number of aryl methyl sites for hydroxylation is 2. The summed E-state index contributed by atoms with van der Waals surface area (Å²) in [6.07, 6.45) is 0.318. The molecule has 24 heavy (non-hydrogen) atoms. The Morgan fingerprint density at radius 2 is 0.875 bits per heavy atom. The van der Waals surface area contributed by atoms with E-state index in [9.17, 15) is 9.13 Å². The summed E-state index contributed by atoms with van der Waals surface area (Å²) in [4.78, 5) is 35.6. The van der Waals surface area contributed by atoms with Crippen LogP contribution in [0.15, 0.2) is 48.5 Å². The summed E-state index contributed by atoms with van der Waals surface area (Å²) in [7, 11) is -7.96. The van der Waals surface area contributed by atoms with Gasteiger partial charge in [-0.05, 0) is 35.1 Å². The van der Waals surface area contributed by atoms with Gasteiger partial charge in [0.1, 0.15) is 0 Å². The fourth-order valence-electron chi connectivity index (χ4n) is 2.28. The standard InChI is InChI=1S/C16H20O6P2/c17-23(18,19)11-9-13-1-5-15(6-2-13)16-7-3-14(4-8-16)10-12-24(20,21)22/h1-8H,9-12H2,(H2,17,18,19)(H2,20,21,22). The van der Waals surface area contributed by atoms with Crippen molar-refractivity contribution in [3.8, 4) is 11.1 Å². The molecule has 0 aliphatic carbocycles. The van der Waals surface area contributed by atoms with Gasteiger partial charge in [-0.3, -0.25) is 9.13 Å². The molecule has 0 radical (unpaired) electrons. The lowest BCUT2D eigenvalue weighted by atomic mass is 10.0. The van der Waals surface area contributed by atoms with Gasteiger partial charge in [0.2, 0.25) is 0 Å². The molecule has 0 saturated heterocycles. The van der Waals surface area contributed by atoms with E-state index in [1.165, 1.54) is 0 Å². The van der Waals surface area contributed by atoms with Crippen LogP contribution in [0.1, 0.15) is 11.1 Å². The Balaban J connectivity index is 2.01. The van der Waals surface area contributed by atoms with Crippen LogP contribution in [0.25, 0.3) is 11.1 Å². The van der Waals surface area contributed by atoms with Crippen LogP contribution in [0.3, 0.4) is 0 Å². The van der Waals surface area contributed by atoms with Crippen LogP contribution in [0, 0.1) is 0 Å². The maximum absolute atomic E-state index is 10.9. The minimum atomic E-state index is -3.98. The summed E-state index contributed by atoms with van der Waals surface area (Å²) in [5, 5.41) is 0. The quantitative estimate of drug-likeness (QED) is 0.557. The predicted octanol–water partition coefficient (Wildman–Crippen LogP) is 2.79. The second-order valence-electron chi connectivity index (χ2n) is 5.67. The van der Waals surface area contributed by atoms with Crippen molar-refractivity contribution in [2.24, 2.45) is 0 Å². The molecule has 0 aromatic heterocycles. The molecule has 8 heteroatoms. The summed E-state index contributed by atoms with van der Waals surface area (Å²) in [6.45, 7) is 0. The molecule has 2 aromatic carbocycles. The largest absolute Gasteiger partial charge is 0.325 e. The van der Waals surface area contributed by atoms with E-state index in [1.54, 1.807) is 0 Å². The van der Waals surface area contributed by atoms with Gasteiger partial charge >= 0.3 is 15.2 Å². The van der Waals surface area contributed by atoms with E-state index < -0.39 is 15.2 Å². The van der Waals surface area contributed by atoms with E-state index in [2.05, 4.69) is 0 Å². The first kappa shape index (κ1) is 19.1. The lowest BCUT2D eigenvalue weighted by Gasteiger charge is -2.07. The van der Waals surface area contributed by atoms with Crippen molar-refractivity contribution in [2.45, 2.75) is 12.8 Å². The van der Waals surface area contributed by atoms with E-state index in [1.807, 2.05) is 48.5 Å². The van der Waals surface area contributed by atoms with Crippen LogP contribution in [0.5, 0.6) is 0 Å². The molecule has 0 saturated carbocycles.